The minimum absolute atomic E-state index is 0.0496. The molecule has 0 radical (unpaired) electrons. The molecular formula is C24H21Cl2FN6O3. The number of carbonyl (C=O) groups is 1. The number of carbonyl (C=O) groups excluding carboxylic acids is 1. The van der Waals surface area contributed by atoms with Crippen LogP contribution in [0.4, 0.5) is 4.39 Å². The van der Waals surface area contributed by atoms with Crippen molar-refractivity contribution in [3.8, 4) is 34.5 Å². The molecule has 2 N–H and O–H groups in total. The van der Waals surface area contributed by atoms with Crippen LogP contribution in [0, 0.1) is 23.1 Å². The van der Waals surface area contributed by atoms with E-state index < -0.39 is 11.9 Å². The summed E-state index contributed by atoms with van der Waals surface area (Å²) >= 11 is 10.8. The lowest BCUT2D eigenvalue weighted by Crippen LogP contribution is -2.50. The number of piperidine rings is 1. The highest BCUT2D eigenvalue weighted by molar-refractivity contribution is 6.10. The predicted octanol–water partition coefficient (Wildman–Crippen LogP) is 3.83. The smallest absolute Gasteiger partial charge is 0.238 e. The maximum absolute atomic E-state index is 15.0. The van der Waals surface area contributed by atoms with Gasteiger partial charge >= 0.3 is 0 Å². The summed E-state index contributed by atoms with van der Waals surface area (Å²) in [6.07, 6.45) is 4.75. The monoisotopic (exact) mass is 530 g/mol. The number of fused-ring (bicyclic) bond motifs is 2. The van der Waals surface area contributed by atoms with Gasteiger partial charge in [-0.05, 0) is 61.1 Å². The summed E-state index contributed by atoms with van der Waals surface area (Å²) in [6, 6.07) is 10.7. The van der Waals surface area contributed by atoms with Gasteiger partial charge in [-0.2, -0.15) is 5.26 Å². The van der Waals surface area contributed by atoms with Gasteiger partial charge in [-0.1, -0.05) is 11.3 Å². The molecule has 36 heavy (non-hydrogen) atoms. The fourth-order valence-electron chi connectivity index (χ4n) is 4.92. The van der Waals surface area contributed by atoms with Crippen molar-refractivity contribution in [1.29, 1.82) is 5.26 Å². The number of aromatic nitrogens is 3. The molecule has 3 aromatic rings. The van der Waals surface area contributed by atoms with Gasteiger partial charge in [-0.3, -0.25) is 4.79 Å². The average molecular weight is 531 g/mol. The van der Waals surface area contributed by atoms with E-state index in [0.717, 1.165) is 19.3 Å². The number of rotatable bonds is 8. The molecule has 9 nitrogen and oxygen atoms in total. The summed E-state index contributed by atoms with van der Waals surface area (Å²) in [5, 5.41) is 23.8. The highest BCUT2D eigenvalue weighted by Gasteiger charge is 2.43. The second kappa shape index (κ2) is 10.3. The van der Waals surface area contributed by atoms with Crippen LogP contribution in [0.1, 0.15) is 24.8 Å². The van der Waals surface area contributed by atoms with E-state index in [9.17, 15) is 14.4 Å². The normalized spacial score (nSPS) is 21.1. The lowest BCUT2D eigenvalue weighted by atomic mass is 9.98. The number of nitrogens with one attached hydrogen (secondary N) is 2. The van der Waals surface area contributed by atoms with Crippen LogP contribution in [0.25, 0.3) is 16.9 Å². The van der Waals surface area contributed by atoms with Crippen molar-refractivity contribution in [2.24, 2.45) is 5.92 Å². The van der Waals surface area contributed by atoms with Crippen LogP contribution < -0.4 is 19.2 Å². The van der Waals surface area contributed by atoms with E-state index in [4.69, 9.17) is 28.0 Å². The van der Waals surface area contributed by atoms with Crippen LogP contribution in [-0.2, 0) is 11.2 Å². The Morgan fingerprint density at radius 2 is 2.08 bits per heavy atom. The lowest BCUT2D eigenvalue weighted by molar-refractivity contribution is -0.124. The molecule has 1 saturated carbocycles. The molecule has 1 saturated heterocycles. The second-order valence-electron chi connectivity index (χ2n) is 8.95. The minimum atomic E-state index is -0.838. The number of nitrogens with zero attached hydrogens (tertiary/aromatic N) is 4. The van der Waals surface area contributed by atoms with Gasteiger partial charge in [0.25, 0.3) is 0 Å². The highest BCUT2D eigenvalue weighted by Crippen LogP contribution is 2.35. The molecule has 0 unspecified atom stereocenters. The largest absolute Gasteiger partial charge is 0.382 e. The maximum Gasteiger partial charge on any atom is 0.238 e. The van der Waals surface area contributed by atoms with E-state index in [1.54, 1.807) is 36.5 Å². The molecule has 5 rings (SSSR count). The van der Waals surface area contributed by atoms with Crippen LogP contribution in [0.5, 0.6) is 11.5 Å². The molecule has 2 bridgehead atoms. The van der Waals surface area contributed by atoms with Crippen molar-refractivity contribution in [3.63, 3.8) is 0 Å². The van der Waals surface area contributed by atoms with Crippen LogP contribution in [0.2, 0.25) is 0 Å². The highest BCUT2D eigenvalue weighted by atomic mass is 35.5. The SMILES string of the molecule is N#C[C@H](Cc1ccc(-n2cc(-c3ccc(OCl)c(OCl)c3)nn2)cc1F)NC(=O)[C@H]1N[C@@H]2CC[C@H]1C2. The molecule has 12 heteroatoms. The maximum atomic E-state index is 15.0. The Bertz CT molecular complexity index is 1330. The quantitative estimate of drug-likeness (QED) is 0.454. The van der Waals surface area contributed by atoms with E-state index in [0.29, 0.717) is 34.5 Å². The van der Waals surface area contributed by atoms with Gasteiger partial charge in [0.2, 0.25) is 5.91 Å². The van der Waals surface area contributed by atoms with E-state index >= 15 is 0 Å². The average Bonchev–Trinajstić information content (AvgIpc) is 3.66. The number of benzene rings is 2. The molecule has 4 atom stereocenters. The standard InChI is InChI=1S/C24H21Cl2FN6O3/c25-35-21-6-3-14(9-22(21)36-26)20-12-33(32-31-20)18-5-2-13(19(27)10-18)7-17(11-28)30-24(34)23-15-1-4-16(8-15)29-23/h2-3,5-6,9-10,12,15-17,23,29H,1,4,7-8H2,(H,30,34)/t15-,16+,17-,23-/m0/s1. The molecule has 1 aliphatic carbocycles. The molecule has 1 aromatic heterocycles. The number of nitriles is 1. The first kappa shape index (κ1) is 24.3. The molecular weight excluding hydrogens is 510 g/mol. The minimum Gasteiger partial charge on any atom is -0.382 e. The molecule has 0 spiro atoms. The van der Waals surface area contributed by atoms with Gasteiger partial charge < -0.3 is 19.2 Å². The summed E-state index contributed by atoms with van der Waals surface area (Å²) in [6.45, 7) is 0. The van der Waals surface area contributed by atoms with Crippen molar-refractivity contribution >= 4 is 29.6 Å². The van der Waals surface area contributed by atoms with Gasteiger partial charge in [0.15, 0.2) is 11.5 Å². The van der Waals surface area contributed by atoms with Crippen LogP contribution in [0.3, 0.4) is 0 Å². The van der Waals surface area contributed by atoms with E-state index in [1.165, 1.54) is 10.7 Å². The van der Waals surface area contributed by atoms with Crippen molar-refractivity contribution in [1.82, 2.24) is 25.6 Å². The fraction of sp³-hybridized carbons (Fsp3) is 0.333. The van der Waals surface area contributed by atoms with Crippen LogP contribution >= 0.6 is 23.7 Å². The van der Waals surface area contributed by atoms with Crippen molar-refractivity contribution in [3.05, 3.63) is 54.0 Å². The van der Waals surface area contributed by atoms with E-state index in [-0.39, 0.29) is 29.9 Å². The molecule has 186 valence electrons. The van der Waals surface area contributed by atoms with Crippen molar-refractivity contribution in [2.45, 2.75) is 43.8 Å². The summed E-state index contributed by atoms with van der Waals surface area (Å²) in [5.74, 6) is 0.0231. The Morgan fingerprint density at radius 1 is 1.25 bits per heavy atom. The molecule has 2 aromatic carbocycles. The third-order valence-electron chi connectivity index (χ3n) is 6.74. The van der Waals surface area contributed by atoms with Crippen LogP contribution in [-0.4, -0.2) is 39.0 Å². The third-order valence-corrected chi connectivity index (χ3v) is 7.07. The molecule has 2 aliphatic rings. The van der Waals surface area contributed by atoms with Gasteiger partial charge in [0, 0.05) is 18.0 Å². The van der Waals surface area contributed by atoms with Crippen LogP contribution in [0.15, 0.2) is 42.6 Å². The van der Waals surface area contributed by atoms with Gasteiger partial charge in [0.05, 0.1) is 24.0 Å². The number of halogens is 3. The zero-order valence-corrected chi connectivity index (χ0v) is 20.3. The Kier molecular flexibility index (Phi) is 6.96. The van der Waals surface area contributed by atoms with E-state index in [2.05, 4.69) is 31.3 Å². The zero-order chi connectivity index (χ0) is 25.2. The van der Waals surface area contributed by atoms with Crippen molar-refractivity contribution in [2.75, 3.05) is 0 Å². The Labute approximate surface area is 216 Å². The van der Waals surface area contributed by atoms with Gasteiger partial charge in [-0.25, -0.2) is 9.07 Å². The first-order chi connectivity index (χ1) is 17.5. The summed E-state index contributed by atoms with van der Waals surface area (Å²) < 4.78 is 25.8. The second-order valence-corrected chi connectivity index (χ2v) is 9.26. The molecule has 2 heterocycles. The first-order valence-corrected chi connectivity index (χ1v) is 12.0. The Balaban J connectivity index is 1.27. The van der Waals surface area contributed by atoms with E-state index in [1.807, 2.05) is 0 Å². The predicted molar refractivity (Wildman–Crippen MR) is 129 cm³/mol. The first-order valence-electron chi connectivity index (χ1n) is 11.4. The lowest BCUT2D eigenvalue weighted by Gasteiger charge is -2.23. The van der Waals surface area contributed by atoms with Gasteiger partial charge in [-0.15, -0.1) is 5.10 Å². The fourth-order valence-corrected chi connectivity index (χ4v) is 5.17. The number of hydrogen-bond donors (Lipinski definition) is 2. The number of hydrogen-bond acceptors (Lipinski definition) is 7. The molecule has 1 aliphatic heterocycles. The Hall–Kier alpha value is -3.39. The summed E-state index contributed by atoms with van der Waals surface area (Å²) in [7, 11) is 0. The van der Waals surface area contributed by atoms with Gasteiger partial charge in [0.1, 0.15) is 41.3 Å². The summed E-state index contributed by atoms with van der Waals surface area (Å²) in [4.78, 5) is 12.6. The molecule has 1 amide bonds. The molecule has 2 fully saturated rings. The summed E-state index contributed by atoms with van der Waals surface area (Å²) in [5.41, 5.74) is 1.86. The third kappa shape index (κ3) is 4.82. The Morgan fingerprint density at radius 3 is 2.75 bits per heavy atom. The number of amides is 1. The topological polar surface area (TPSA) is 114 Å². The zero-order valence-electron chi connectivity index (χ0n) is 18.8. The van der Waals surface area contributed by atoms with Crippen molar-refractivity contribution < 1.29 is 17.8 Å².